The van der Waals surface area contributed by atoms with Gasteiger partial charge in [-0.1, -0.05) is 0 Å². The molecule has 1 aliphatic rings. The number of hydrogen-bond acceptors (Lipinski definition) is 5. The Labute approximate surface area is 102 Å². The molecule has 0 aromatic heterocycles. The molecule has 100 valence electrons. The summed E-state index contributed by atoms with van der Waals surface area (Å²) in [6.07, 6.45) is 2.20. The van der Waals surface area contributed by atoms with Gasteiger partial charge in [-0.2, -0.15) is 0 Å². The third-order valence-corrected chi connectivity index (χ3v) is 4.20. The zero-order chi connectivity index (χ0) is 12.9. The second-order valence-electron chi connectivity index (χ2n) is 4.39. The summed E-state index contributed by atoms with van der Waals surface area (Å²) in [5, 5.41) is 2.55. The van der Waals surface area contributed by atoms with Crippen molar-refractivity contribution in [2.45, 2.75) is 18.9 Å². The summed E-state index contributed by atoms with van der Waals surface area (Å²) in [4.78, 5) is 11.4. The van der Waals surface area contributed by atoms with Crippen LogP contribution in [0.4, 0.5) is 0 Å². The van der Waals surface area contributed by atoms with Crippen LogP contribution in [0, 0.1) is 5.92 Å². The Balaban J connectivity index is 2.23. The van der Waals surface area contributed by atoms with Crippen molar-refractivity contribution in [1.29, 1.82) is 0 Å². The van der Waals surface area contributed by atoms with Crippen LogP contribution in [0.15, 0.2) is 0 Å². The Morgan fingerprint density at radius 2 is 2.18 bits per heavy atom. The minimum absolute atomic E-state index is 0.0550. The standard InChI is InChI=1S/C10H20N2O4S/c1-16-4-5-17(14,15)7-10(13)12-6-9(11)8-2-3-8/h8-9H,2-7,11H2,1H3,(H,12,13). The van der Waals surface area contributed by atoms with Gasteiger partial charge in [0, 0.05) is 19.7 Å². The second kappa shape index (κ2) is 6.32. The number of carbonyl (C=O) groups is 1. The van der Waals surface area contributed by atoms with Gasteiger partial charge >= 0.3 is 0 Å². The van der Waals surface area contributed by atoms with Crippen LogP contribution in [-0.4, -0.2) is 52.1 Å². The number of sulfone groups is 1. The molecule has 17 heavy (non-hydrogen) atoms. The summed E-state index contributed by atoms with van der Waals surface area (Å²) in [6.45, 7) is 0.459. The van der Waals surface area contributed by atoms with Gasteiger partial charge in [0.2, 0.25) is 5.91 Å². The molecule has 1 saturated carbocycles. The van der Waals surface area contributed by atoms with Crippen molar-refractivity contribution in [3.05, 3.63) is 0 Å². The lowest BCUT2D eigenvalue weighted by molar-refractivity contribution is -0.118. The van der Waals surface area contributed by atoms with Crippen molar-refractivity contribution in [3.8, 4) is 0 Å². The predicted molar refractivity (Wildman–Crippen MR) is 64.2 cm³/mol. The molecule has 1 aliphatic carbocycles. The van der Waals surface area contributed by atoms with E-state index in [9.17, 15) is 13.2 Å². The first-order valence-corrected chi connectivity index (χ1v) is 7.48. The molecule has 0 aliphatic heterocycles. The summed E-state index contributed by atoms with van der Waals surface area (Å²) in [5.41, 5.74) is 5.79. The topological polar surface area (TPSA) is 98.5 Å². The zero-order valence-electron chi connectivity index (χ0n) is 10.0. The monoisotopic (exact) mass is 264 g/mol. The highest BCUT2D eigenvalue weighted by molar-refractivity contribution is 7.92. The highest BCUT2D eigenvalue weighted by Crippen LogP contribution is 2.31. The van der Waals surface area contributed by atoms with Crippen molar-refractivity contribution < 1.29 is 17.9 Å². The van der Waals surface area contributed by atoms with E-state index in [2.05, 4.69) is 10.1 Å². The lowest BCUT2D eigenvalue weighted by Crippen LogP contribution is -2.41. The maximum atomic E-state index is 11.4. The largest absolute Gasteiger partial charge is 0.384 e. The van der Waals surface area contributed by atoms with E-state index < -0.39 is 21.5 Å². The molecular weight excluding hydrogens is 244 g/mol. The summed E-state index contributed by atoms with van der Waals surface area (Å²) >= 11 is 0. The highest BCUT2D eigenvalue weighted by Gasteiger charge is 2.28. The second-order valence-corrected chi connectivity index (χ2v) is 6.57. The van der Waals surface area contributed by atoms with Gasteiger partial charge in [0.15, 0.2) is 9.84 Å². The molecule has 0 bridgehead atoms. The number of amides is 1. The van der Waals surface area contributed by atoms with Crippen molar-refractivity contribution in [2.75, 3.05) is 31.8 Å². The van der Waals surface area contributed by atoms with E-state index in [1.807, 2.05) is 0 Å². The van der Waals surface area contributed by atoms with E-state index in [4.69, 9.17) is 5.73 Å². The van der Waals surface area contributed by atoms with Crippen LogP contribution < -0.4 is 11.1 Å². The van der Waals surface area contributed by atoms with E-state index in [1.54, 1.807) is 0 Å². The smallest absolute Gasteiger partial charge is 0.235 e. The minimum atomic E-state index is -3.37. The number of carbonyl (C=O) groups excluding carboxylic acids is 1. The third kappa shape index (κ3) is 5.99. The first-order chi connectivity index (χ1) is 7.94. The number of nitrogens with two attached hydrogens (primary N) is 1. The van der Waals surface area contributed by atoms with Crippen LogP contribution >= 0.6 is 0 Å². The fourth-order valence-corrected chi connectivity index (χ4v) is 2.52. The Kier molecular flexibility index (Phi) is 5.35. The average Bonchev–Trinajstić information content (AvgIpc) is 3.06. The summed E-state index contributed by atoms with van der Waals surface area (Å²) < 4.78 is 27.5. The van der Waals surface area contributed by atoms with Crippen molar-refractivity contribution in [3.63, 3.8) is 0 Å². The van der Waals surface area contributed by atoms with Crippen LogP contribution in [0.25, 0.3) is 0 Å². The van der Waals surface area contributed by atoms with E-state index in [0.717, 1.165) is 12.8 Å². The van der Waals surface area contributed by atoms with Crippen LogP contribution in [-0.2, 0) is 19.4 Å². The quantitative estimate of drug-likeness (QED) is 0.580. The molecule has 1 fully saturated rings. The number of rotatable bonds is 8. The molecule has 1 unspecified atom stereocenters. The molecule has 0 saturated heterocycles. The molecule has 0 spiro atoms. The first kappa shape index (κ1) is 14.4. The van der Waals surface area contributed by atoms with Gasteiger partial charge in [-0.15, -0.1) is 0 Å². The fraction of sp³-hybridized carbons (Fsp3) is 0.900. The molecule has 1 amide bonds. The molecule has 0 radical (unpaired) electrons. The van der Waals surface area contributed by atoms with Crippen molar-refractivity contribution in [2.24, 2.45) is 11.7 Å². The fourth-order valence-electron chi connectivity index (χ4n) is 1.46. The molecule has 1 rings (SSSR count). The molecular formula is C10H20N2O4S. The molecule has 6 nitrogen and oxygen atoms in total. The van der Waals surface area contributed by atoms with Gasteiger partial charge in [0.1, 0.15) is 5.75 Å². The maximum absolute atomic E-state index is 11.4. The van der Waals surface area contributed by atoms with Crippen molar-refractivity contribution in [1.82, 2.24) is 5.32 Å². The van der Waals surface area contributed by atoms with E-state index >= 15 is 0 Å². The zero-order valence-corrected chi connectivity index (χ0v) is 10.8. The maximum Gasteiger partial charge on any atom is 0.235 e. The Bertz CT molecular complexity index is 351. The van der Waals surface area contributed by atoms with Crippen LogP contribution in [0.3, 0.4) is 0 Å². The summed E-state index contributed by atoms with van der Waals surface area (Å²) in [7, 11) is -1.95. The van der Waals surface area contributed by atoms with Gasteiger partial charge in [0.05, 0.1) is 12.4 Å². The normalized spacial score (nSPS) is 17.8. The summed E-state index contributed by atoms with van der Waals surface area (Å²) in [6, 6.07) is -0.0550. The van der Waals surface area contributed by atoms with Gasteiger partial charge < -0.3 is 15.8 Å². The van der Waals surface area contributed by atoms with Crippen LogP contribution in [0.1, 0.15) is 12.8 Å². The number of hydrogen-bond donors (Lipinski definition) is 2. The lowest BCUT2D eigenvalue weighted by Gasteiger charge is -2.11. The minimum Gasteiger partial charge on any atom is -0.384 e. The Morgan fingerprint density at radius 3 is 2.71 bits per heavy atom. The number of nitrogens with one attached hydrogen (secondary N) is 1. The number of methoxy groups -OCH3 is 1. The molecule has 3 N–H and O–H groups in total. The molecule has 7 heteroatoms. The molecule has 0 heterocycles. The van der Waals surface area contributed by atoms with Gasteiger partial charge in [0.25, 0.3) is 0 Å². The van der Waals surface area contributed by atoms with Crippen molar-refractivity contribution >= 4 is 15.7 Å². The predicted octanol–water partition coefficient (Wildman–Crippen LogP) is -1.10. The van der Waals surface area contributed by atoms with E-state index in [0.29, 0.717) is 12.5 Å². The average molecular weight is 264 g/mol. The van der Waals surface area contributed by atoms with Gasteiger partial charge in [-0.3, -0.25) is 4.79 Å². The van der Waals surface area contributed by atoms with Crippen LogP contribution in [0.5, 0.6) is 0 Å². The summed E-state index contributed by atoms with van der Waals surface area (Å²) in [5.74, 6) is -0.628. The lowest BCUT2D eigenvalue weighted by atomic mass is 10.2. The van der Waals surface area contributed by atoms with E-state index in [1.165, 1.54) is 7.11 Å². The Morgan fingerprint density at radius 1 is 1.53 bits per heavy atom. The first-order valence-electron chi connectivity index (χ1n) is 5.66. The van der Waals surface area contributed by atoms with Gasteiger partial charge in [-0.25, -0.2) is 8.42 Å². The SMILES string of the molecule is COCCS(=O)(=O)CC(=O)NCC(N)C1CC1. The molecule has 0 aromatic carbocycles. The van der Waals surface area contributed by atoms with Gasteiger partial charge in [-0.05, 0) is 18.8 Å². The van der Waals surface area contributed by atoms with Crippen LogP contribution in [0.2, 0.25) is 0 Å². The molecule has 1 atom stereocenters. The van der Waals surface area contributed by atoms with E-state index in [-0.39, 0.29) is 18.4 Å². The third-order valence-electron chi connectivity index (χ3n) is 2.71. The Hall–Kier alpha value is -0.660. The highest BCUT2D eigenvalue weighted by atomic mass is 32.2. The molecule has 0 aromatic rings. The number of ether oxygens (including phenoxy) is 1.